The molecule has 2 heterocycles. The van der Waals surface area contributed by atoms with Gasteiger partial charge in [-0.3, -0.25) is 14.6 Å². The second-order valence-electron chi connectivity index (χ2n) is 4.34. The van der Waals surface area contributed by atoms with E-state index in [0.29, 0.717) is 32.5 Å². The third-order valence-corrected chi connectivity index (χ3v) is 3.11. The predicted molar refractivity (Wildman–Crippen MR) is 67.0 cm³/mol. The largest absolute Gasteiger partial charge is 0.466 e. The first kappa shape index (κ1) is 13.3. The summed E-state index contributed by atoms with van der Waals surface area (Å²) in [7, 11) is 0. The van der Waals surface area contributed by atoms with Gasteiger partial charge in [0, 0.05) is 13.1 Å². The summed E-state index contributed by atoms with van der Waals surface area (Å²) in [5.41, 5.74) is -1.14. The van der Waals surface area contributed by atoms with Crippen molar-refractivity contribution in [2.75, 3.05) is 24.6 Å². The second-order valence-corrected chi connectivity index (χ2v) is 4.34. The smallest absolute Gasteiger partial charge is 0.342 e. The summed E-state index contributed by atoms with van der Waals surface area (Å²) in [4.78, 5) is 37.9. The minimum absolute atomic E-state index is 0.127. The van der Waals surface area contributed by atoms with Gasteiger partial charge in [0.25, 0.3) is 5.56 Å². The number of aromatic nitrogens is 3. The van der Waals surface area contributed by atoms with E-state index in [0.717, 1.165) is 0 Å². The number of esters is 1. The Morgan fingerprint density at radius 1 is 1.42 bits per heavy atom. The van der Waals surface area contributed by atoms with Crippen LogP contribution in [0.5, 0.6) is 0 Å². The van der Waals surface area contributed by atoms with Crippen molar-refractivity contribution in [1.82, 2.24) is 15.2 Å². The average molecular weight is 268 g/mol. The Labute approximate surface area is 108 Å². The monoisotopic (exact) mass is 268 g/mol. The van der Waals surface area contributed by atoms with Crippen LogP contribution < -0.4 is 16.1 Å². The normalized spacial score (nSPS) is 16.4. The molecule has 2 N–H and O–H groups in total. The first-order valence-electron chi connectivity index (χ1n) is 6.22. The van der Waals surface area contributed by atoms with Gasteiger partial charge in [-0.25, -0.2) is 9.89 Å². The number of H-pyrrole nitrogens is 2. The van der Waals surface area contributed by atoms with Crippen molar-refractivity contribution in [3.05, 3.63) is 20.8 Å². The Balaban J connectivity index is 2.02. The van der Waals surface area contributed by atoms with Crippen LogP contribution >= 0.6 is 0 Å². The number of hydrogen-bond donors (Lipinski definition) is 2. The standard InChI is InChI=1S/C11H16N4O4/c1-2-19-10(17)7-3-5-15(6-4-7)8-9(16)12-11(18)14-13-8/h7H,2-6H2,1H3,(H2,12,14,16,18). The highest BCUT2D eigenvalue weighted by molar-refractivity contribution is 5.72. The summed E-state index contributed by atoms with van der Waals surface area (Å²) in [5, 5.41) is 5.93. The van der Waals surface area contributed by atoms with E-state index in [4.69, 9.17) is 4.74 Å². The maximum Gasteiger partial charge on any atom is 0.342 e. The summed E-state index contributed by atoms with van der Waals surface area (Å²) >= 11 is 0. The number of nitrogens with zero attached hydrogens (tertiary/aromatic N) is 2. The van der Waals surface area contributed by atoms with E-state index < -0.39 is 11.2 Å². The number of hydrogen-bond acceptors (Lipinski definition) is 6. The van der Waals surface area contributed by atoms with Crippen LogP contribution in [0.25, 0.3) is 0 Å². The molecule has 104 valence electrons. The van der Waals surface area contributed by atoms with E-state index in [2.05, 4.69) is 15.2 Å². The van der Waals surface area contributed by atoms with Crippen LogP contribution in [-0.2, 0) is 9.53 Å². The van der Waals surface area contributed by atoms with Crippen LogP contribution in [0.2, 0.25) is 0 Å². The third kappa shape index (κ3) is 3.01. The Morgan fingerprint density at radius 2 is 2.11 bits per heavy atom. The fourth-order valence-electron chi connectivity index (χ4n) is 2.14. The van der Waals surface area contributed by atoms with Gasteiger partial charge in [0.05, 0.1) is 12.5 Å². The predicted octanol–water partition coefficient (Wildman–Crippen LogP) is -0.762. The fourth-order valence-corrected chi connectivity index (χ4v) is 2.14. The van der Waals surface area contributed by atoms with Crippen molar-refractivity contribution in [3.63, 3.8) is 0 Å². The van der Waals surface area contributed by atoms with Crippen molar-refractivity contribution in [2.24, 2.45) is 5.92 Å². The maximum absolute atomic E-state index is 11.6. The van der Waals surface area contributed by atoms with Crippen molar-refractivity contribution < 1.29 is 9.53 Å². The molecular weight excluding hydrogens is 252 g/mol. The van der Waals surface area contributed by atoms with E-state index in [1.165, 1.54) is 0 Å². The van der Waals surface area contributed by atoms with E-state index in [1.807, 2.05) is 0 Å². The summed E-state index contributed by atoms with van der Waals surface area (Å²) in [6.45, 7) is 3.22. The lowest BCUT2D eigenvalue weighted by atomic mass is 9.97. The van der Waals surface area contributed by atoms with Crippen LogP contribution in [0.4, 0.5) is 5.82 Å². The highest BCUT2D eigenvalue weighted by Gasteiger charge is 2.27. The Bertz CT molecular complexity index is 556. The molecule has 0 atom stereocenters. The molecule has 1 aliphatic rings. The van der Waals surface area contributed by atoms with Gasteiger partial charge in [-0.15, -0.1) is 5.10 Å². The van der Waals surface area contributed by atoms with Gasteiger partial charge in [-0.05, 0) is 19.8 Å². The molecule has 1 aromatic heterocycles. The SMILES string of the molecule is CCOC(=O)C1CCN(c2n[nH]c(=O)[nH]c2=O)CC1. The van der Waals surface area contributed by atoms with Crippen molar-refractivity contribution >= 4 is 11.8 Å². The summed E-state index contributed by atoms with van der Waals surface area (Å²) in [6, 6.07) is 0. The summed E-state index contributed by atoms with van der Waals surface area (Å²) in [5.74, 6) is -0.134. The lowest BCUT2D eigenvalue weighted by molar-refractivity contribution is -0.148. The molecule has 0 unspecified atom stereocenters. The molecular formula is C11H16N4O4. The lowest BCUT2D eigenvalue weighted by Gasteiger charge is -2.30. The van der Waals surface area contributed by atoms with Crippen LogP contribution in [0.15, 0.2) is 9.59 Å². The molecule has 1 aromatic rings. The molecule has 0 bridgehead atoms. The van der Waals surface area contributed by atoms with Gasteiger partial charge in [0.2, 0.25) is 5.82 Å². The van der Waals surface area contributed by atoms with Gasteiger partial charge in [-0.2, -0.15) is 0 Å². The topological polar surface area (TPSA) is 108 Å². The zero-order valence-corrected chi connectivity index (χ0v) is 10.6. The van der Waals surface area contributed by atoms with Crippen LogP contribution in [0, 0.1) is 5.92 Å². The highest BCUT2D eigenvalue weighted by Crippen LogP contribution is 2.20. The zero-order chi connectivity index (χ0) is 13.8. The van der Waals surface area contributed by atoms with Gasteiger partial charge >= 0.3 is 11.7 Å². The van der Waals surface area contributed by atoms with Crippen LogP contribution in [0.1, 0.15) is 19.8 Å². The number of anilines is 1. The summed E-state index contributed by atoms with van der Waals surface area (Å²) < 4.78 is 4.97. The van der Waals surface area contributed by atoms with Gasteiger partial charge in [0.15, 0.2) is 0 Å². The molecule has 0 aromatic carbocycles. The lowest BCUT2D eigenvalue weighted by Crippen LogP contribution is -2.41. The van der Waals surface area contributed by atoms with Crippen molar-refractivity contribution in [2.45, 2.75) is 19.8 Å². The quantitative estimate of drug-likeness (QED) is 0.697. The van der Waals surface area contributed by atoms with E-state index >= 15 is 0 Å². The molecule has 1 fully saturated rings. The van der Waals surface area contributed by atoms with Crippen LogP contribution in [0.3, 0.4) is 0 Å². The Morgan fingerprint density at radius 3 is 2.68 bits per heavy atom. The van der Waals surface area contributed by atoms with E-state index in [-0.39, 0.29) is 17.7 Å². The molecule has 19 heavy (non-hydrogen) atoms. The molecule has 0 amide bonds. The second kappa shape index (κ2) is 5.68. The molecule has 1 aliphatic heterocycles. The van der Waals surface area contributed by atoms with Crippen molar-refractivity contribution in [1.29, 1.82) is 0 Å². The number of nitrogens with one attached hydrogen (secondary N) is 2. The fraction of sp³-hybridized carbons (Fsp3) is 0.636. The van der Waals surface area contributed by atoms with Gasteiger partial charge < -0.3 is 9.64 Å². The molecule has 0 aliphatic carbocycles. The molecule has 2 rings (SSSR count). The van der Waals surface area contributed by atoms with Crippen molar-refractivity contribution in [3.8, 4) is 0 Å². The minimum Gasteiger partial charge on any atom is -0.466 e. The first-order chi connectivity index (χ1) is 9.11. The average Bonchev–Trinajstić information content (AvgIpc) is 2.39. The molecule has 0 radical (unpaired) electrons. The van der Waals surface area contributed by atoms with Crippen LogP contribution in [-0.4, -0.2) is 40.8 Å². The molecule has 0 saturated carbocycles. The third-order valence-electron chi connectivity index (χ3n) is 3.11. The first-order valence-corrected chi connectivity index (χ1v) is 6.22. The van der Waals surface area contributed by atoms with Gasteiger partial charge in [0.1, 0.15) is 0 Å². The number of aromatic amines is 2. The minimum atomic E-state index is -0.629. The summed E-state index contributed by atoms with van der Waals surface area (Å²) in [6.07, 6.45) is 1.22. The number of carbonyl (C=O) groups excluding carboxylic acids is 1. The molecule has 0 spiro atoms. The zero-order valence-electron chi connectivity index (χ0n) is 10.6. The Kier molecular flexibility index (Phi) is 3.98. The Hall–Kier alpha value is -2.12. The molecule has 8 nitrogen and oxygen atoms in total. The van der Waals surface area contributed by atoms with E-state index in [9.17, 15) is 14.4 Å². The number of ether oxygens (including phenoxy) is 1. The van der Waals surface area contributed by atoms with Gasteiger partial charge in [-0.1, -0.05) is 0 Å². The molecule has 8 heteroatoms. The highest BCUT2D eigenvalue weighted by atomic mass is 16.5. The number of rotatable bonds is 3. The number of carbonyl (C=O) groups is 1. The maximum atomic E-state index is 11.6. The molecule has 1 saturated heterocycles. The van der Waals surface area contributed by atoms with E-state index in [1.54, 1.807) is 11.8 Å². The number of piperidine rings is 1.